The maximum absolute atomic E-state index is 13.8. The number of amides is 2. The van der Waals surface area contributed by atoms with E-state index < -0.39 is 41.5 Å². The zero-order valence-electron chi connectivity index (χ0n) is 16.3. The number of carbonyl (C=O) groups is 2. The average Bonchev–Trinajstić information content (AvgIpc) is 3.14. The third kappa shape index (κ3) is 4.60. The second-order valence-corrected chi connectivity index (χ2v) is 7.30. The lowest BCUT2D eigenvalue weighted by Gasteiger charge is -2.20. The predicted molar refractivity (Wildman–Crippen MR) is 107 cm³/mol. The molecule has 1 heterocycles. The molecular weight excluding hydrogens is 407 g/mol. The van der Waals surface area contributed by atoms with Crippen LogP contribution in [-0.2, 0) is 9.53 Å². The zero-order valence-corrected chi connectivity index (χ0v) is 16.3. The van der Waals surface area contributed by atoms with Crippen LogP contribution in [0.15, 0.2) is 72.8 Å². The number of cyclic esters (lactones) is 1. The fourth-order valence-corrected chi connectivity index (χ4v) is 3.69. The molecule has 2 atom stereocenters. The molecule has 158 valence electrons. The summed E-state index contributed by atoms with van der Waals surface area (Å²) in [6.07, 6.45) is -1.61. The molecule has 0 radical (unpaired) electrons. The first-order valence-electron chi connectivity index (χ1n) is 9.68. The van der Waals surface area contributed by atoms with Crippen molar-refractivity contribution in [2.75, 3.05) is 6.54 Å². The van der Waals surface area contributed by atoms with Crippen molar-refractivity contribution in [2.24, 2.45) is 0 Å². The number of hydrogen-bond donors (Lipinski definition) is 0. The van der Waals surface area contributed by atoms with Crippen molar-refractivity contribution in [3.8, 4) is 0 Å². The first kappa shape index (κ1) is 20.7. The monoisotopic (exact) mass is 425 g/mol. The highest BCUT2D eigenvalue weighted by atomic mass is 19.1. The van der Waals surface area contributed by atoms with E-state index in [0.29, 0.717) is 5.56 Å². The summed E-state index contributed by atoms with van der Waals surface area (Å²) >= 11 is 0. The maximum Gasteiger partial charge on any atom is 0.417 e. The molecule has 1 aliphatic heterocycles. The van der Waals surface area contributed by atoms with E-state index in [2.05, 4.69) is 0 Å². The minimum atomic E-state index is -0.792. The fourth-order valence-electron chi connectivity index (χ4n) is 3.69. The van der Waals surface area contributed by atoms with Gasteiger partial charge >= 0.3 is 6.09 Å². The third-order valence-electron chi connectivity index (χ3n) is 5.22. The maximum atomic E-state index is 13.8. The van der Waals surface area contributed by atoms with Crippen LogP contribution >= 0.6 is 0 Å². The van der Waals surface area contributed by atoms with Gasteiger partial charge in [0, 0.05) is 18.4 Å². The second kappa shape index (κ2) is 8.63. The van der Waals surface area contributed by atoms with E-state index in [0.717, 1.165) is 28.7 Å². The number of hydrogen-bond acceptors (Lipinski definition) is 3. The topological polar surface area (TPSA) is 46.6 Å². The largest absolute Gasteiger partial charge is 0.439 e. The highest BCUT2D eigenvalue weighted by Gasteiger charge is 2.37. The van der Waals surface area contributed by atoms with Crippen LogP contribution in [-0.4, -0.2) is 23.4 Å². The number of rotatable bonds is 5. The first-order chi connectivity index (χ1) is 14.9. The summed E-state index contributed by atoms with van der Waals surface area (Å²) in [6.45, 7) is 0.0370. The van der Waals surface area contributed by atoms with Crippen LogP contribution < -0.4 is 0 Å². The van der Waals surface area contributed by atoms with Crippen molar-refractivity contribution in [1.82, 2.24) is 4.90 Å². The summed E-state index contributed by atoms with van der Waals surface area (Å²) in [5, 5.41) is 0. The summed E-state index contributed by atoms with van der Waals surface area (Å²) in [6, 6.07) is 17.3. The molecule has 3 aromatic rings. The van der Waals surface area contributed by atoms with Crippen LogP contribution in [0.2, 0.25) is 0 Å². The second-order valence-electron chi connectivity index (χ2n) is 7.30. The molecule has 0 aromatic heterocycles. The molecule has 1 aliphatic rings. The molecular formula is C24H18F3NO3. The molecule has 31 heavy (non-hydrogen) atoms. The van der Waals surface area contributed by atoms with Crippen molar-refractivity contribution in [3.63, 3.8) is 0 Å². The van der Waals surface area contributed by atoms with E-state index in [1.165, 1.54) is 24.3 Å². The smallest absolute Gasteiger partial charge is 0.417 e. The van der Waals surface area contributed by atoms with Crippen LogP contribution in [0.1, 0.15) is 35.1 Å². The Morgan fingerprint density at radius 1 is 0.903 bits per heavy atom. The van der Waals surface area contributed by atoms with Gasteiger partial charge < -0.3 is 4.74 Å². The van der Waals surface area contributed by atoms with Crippen LogP contribution in [0.25, 0.3) is 0 Å². The molecule has 0 aliphatic carbocycles. The van der Waals surface area contributed by atoms with Gasteiger partial charge in [-0.2, -0.15) is 0 Å². The molecule has 0 N–H and O–H groups in total. The highest BCUT2D eigenvalue weighted by molar-refractivity contribution is 5.93. The van der Waals surface area contributed by atoms with Crippen LogP contribution in [0, 0.1) is 17.5 Å². The number of ether oxygens (including phenoxy) is 1. The Balaban J connectivity index is 1.60. The van der Waals surface area contributed by atoms with E-state index in [1.54, 1.807) is 24.3 Å². The minimum Gasteiger partial charge on any atom is -0.439 e. The predicted octanol–water partition coefficient (Wildman–Crippen LogP) is 5.35. The number of nitrogens with zero attached hydrogens (tertiary/aromatic N) is 1. The van der Waals surface area contributed by atoms with Gasteiger partial charge in [-0.3, -0.25) is 4.79 Å². The quantitative estimate of drug-likeness (QED) is 0.554. The lowest BCUT2D eigenvalue weighted by Crippen LogP contribution is -2.33. The minimum absolute atomic E-state index is 0.0370. The molecule has 3 aromatic carbocycles. The van der Waals surface area contributed by atoms with E-state index in [9.17, 15) is 22.8 Å². The van der Waals surface area contributed by atoms with Gasteiger partial charge in [-0.25, -0.2) is 22.9 Å². The van der Waals surface area contributed by atoms with E-state index in [1.807, 2.05) is 6.07 Å². The SMILES string of the molecule is O=C(C[C@H](c1ccc(F)cc1)c1cc(F)cc(F)c1)N1C[C@@H](c2ccccc2)OC1=O. The van der Waals surface area contributed by atoms with Crippen molar-refractivity contribution >= 4 is 12.0 Å². The molecule has 1 saturated heterocycles. The van der Waals surface area contributed by atoms with Gasteiger partial charge in [0.1, 0.15) is 23.6 Å². The molecule has 0 spiro atoms. The van der Waals surface area contributed by atoms with Gasteiger partial charge in [-0.15, -0.1) is 0 Å². The summed E-state index contributed by atoms with van der Waals surface area (Å²) in [4.78, 5) is 26.3. The van der Waals surface area contributed by atoms with Crippen LogP contribution in [0.5, 0.6) is 0 Å². The Labute approximate surface area is 176 Å². The Kier molecular flexibility index (Phi) is 5.75. The molecule has 7 heteroatoms. The number of imide groups is 1. The van der Waals surface area contributed by atoms with Gasteiger partial charge in [-0.1, -0.05) is 42.5 Å². The van der Waals surface area contributed by atoms with Gasteiger partial charge in [0.05, 0.1) is 6.54 Å². The molecule has 4 rings (SSSR count). The third-order valence-corrected chi connectivity index (χ3v) is 5.22. The lowest BCUT2D eigenvalue weighted by molar-refractivity contribution is -0.128. The number of halogens is 3. The lowest BCUT2D eigenvalue weighted by atomic mass is 9.88. The zero-order chi connectivity index (χ0) is 22.0. The van der Waals surface area contributed by atoms with Gasteiger partial charge in [0.2, 0.25) is 5.91 Å². The van der Waals surface area contributed by atoms with Crippen molar-refractivity contribution in [1.29, 1.82) is 0 Å². The standard InChI is InChI=1S/C24H18F3NO3/c25-18-8-6-15(7-9-18)21(17-10-19(26)12-20(27)11-17)13-23(29)28-14-22(31-24(28)30)16-4-2-1-3-5-16/h1-12,21-22H,13-14H2/t21-,22+/m1/s1. The van der Waals surface area contributed by atoms with Crippen molar-refractivity contribution in [2.45, 2.75) is 18.4 Å². The first-order valence-corrected chi connectivity index (χ1v) is 9.68. The molecule has 4 nitrogen and oxygen atoms in total. The summed E-state index contributed by atoms with van der Waals surface area (Å²) in [5.41, 5.74) is 1.46. The molecule has 0 unspecified atom stereocenters. The molecule has 1 fully saturated rings. The Morgan fingerprint density at radius 2 is 1.55 bits per heavy atom. The van der Waals surface area contributed by atoms with E-state index >= 15 is 0 Å². The summed E-state index contributed by atoms with van der Waals surface area (Å²) < 4.78 is 46.4. The molecule has 2 amide bonds. The molecule has 0 bridgehead atoms. The Morgan fingerprint density at radius 3 is 2.19 bits per heavy atom. The van der Waals surface area contributed by atoms with Crippen LogP contribution in [0.3, 0.4) is 0 Å². The van der Waals surface area contributed by atoms with Gasteiger partial charge in [-0.05, 0) is 41.0 Å². The van der Waals surface area contributed by atoms with Crippen LogP contribution in [0.4, 0.5) is 18.0 Å². The number of carbonyl (C=O) groups excluding carboxylic acids is 2. The summed E-state index contributed by atoms with van der Waals surface area (Å²) in [5.74, 6) is -3.39. The Hall–Kier alpha value is -3.61. The summed E-state index contributed by atoms with van der Waals surface area (Å²) in [7, 11) is 0. The number of benzene rings is 3. The van der Waals surface area contributed by atoms with Crippen molar-refractivity contribution < 1.29 is 27.5 Å². The van der Waals surface area contributed by atoms with E-state index in [-0.39, 0.29) is 18.5 Å². The fraction of sp³-hybridized carbons (Fsp3) is 0.167. The van der Waals surface area contributed by atoms with Gasteiger partial charge in [0.25, 0.3) is 0 Å². The highest BCUT2D eigenvalue weighted by Crippen LogP contribution is 2.32. The van der Waals surface area contributed by atoms with Crippen molar-refractivity contribution in [3.05, 3.63) is 107 Å². The molecule has 0 saturated carbocycles. The Bertz CT molecular complexity index is 1080. The average molecular weight is 425 g/mol. The van der Waals surface area contributed by atoms with Gasteiger partial charge in [0.15, 0.2) is 0 Å². The normalized spacial score (nSPS) is 16.8. The van der Waals surface area contributed by atoms with E-state index in [4.69, 9.17) is 4.74 Å².